The predicted octanol–water partition coefficient (Wildman–Crippen LogP) is 3.85. The average Bonchev–Trinajstić information content (AvgIpc) is 2.46. The maximum atomic E-state index is 12.5. The standard InChI is InChI=1S/C19H27NO2/c1-14-5-7-15(8-6-14)18(22)16-9-11-20(12-10-16)17(21)13-19(2,3)4/h5-8,16H,9-13H2,1-4H3. The minimum atomic E-state index is 0.0195. The number of amides is 1. The summed E-state index contributed by atoms with van der Waals surface area (Å²) < 4.78 is 0. The van der Waals surface area contributed by atoms with Crippen molar-refractivity contribution in [3.05, 3.63) is 35.4 Å². The first-order chi connectivity index (χ1) is 10.3. The summed E-state index contributed by atoms with van der Waals surface area (Å²) in [5.74, 6) is 0.498. The van der Waals surface area contributed by atoms with E-state index in [-0.39, 0.29) is 23.0 Å². The highest BCUT2D eigenvalue weighted by atomic mass is 16.2. The van der Waals surface area contributed by atoms with Crippen LogP contribution in [0, 0.1) is 18.3 Å². The molecule has 1 aliphatic rings. The van der Waals surface area contributed by atoms with Gasteiger partial charge in [-0.25, -0.2) is 0 Å². The summed E-state index contributed by atoms with van der Waals surface area (Å²) in [4.78, 5) is 26.7. The van der Waals surface area contributed by atoms with Gasteiger partial charge >= 0.3 is 0 Å². The van der Waals surface area contributed by atoms with Crippen LogP contribution in [-0.4, -0.2) is 29.7 Å². The number of piperidine rings is 1. The Morgan fingerprint density at radius 2 is 1.64 bits per heavy atom. The Morgan fingerprint density at radius 3 is 2.14 bits per heavy atom. The average molecular weight is 301 g/mol. The molecule has 0 radical (unpaired) electrons. The molecule has 0 aliphatic carbocycles. The van der Waals surface area contributed by atoms with Crippen LogP contribution in [0.3, 0.4) is 0 Å². The van der Waals surface area contributed by atoms with E-state index in [1.54, 1.807) is 0 Å². The van der Waals surface area contributed by atoms with Crippen LogP contribution in [0.15, 0.2) is 24.3 Å². The number of likely N-dealkylation sites (tertiary alicyclic amines) is 1. The second kappa shape index (κ2) is 6.64. The van der Waals surface area contributed by atoms with Crippen LogP contribution in [0.5, 0.6) is 0 Å². The number of carbonyl (C=O) groups is 2. The second-order valence-electron chi connectivity index (χ2n) is 7.62. The van der Waals surface area contributed by atoms with Crippen LogP contribution in [0.4, 0.5) is 0 Å². The molecule has 22 heavy (non-hydrogen) atoms. The largest absolute Gasteiger partial charge is 0.343 e. The van der Waals surface area contributed by atoms with Crippen molar-refractivity contribution in [1.29, 1.82) is 0 Å². The van der Waals surface area contributed by atoms with Gasteiger partial charge in [-0.15, -0.1) is 0 Å². The monoisotopic (exact) mass is 301 g/mol. The predicted molar refractivity (Wildman–Crippen MR) is 88.9 cm³/mol. The number of carbonyl (C=O) groups excluding carboxylic acids is 2. The van der Waals surface area contributed by atoms with Crippen molar-refractivity contribution in [1.82, 2.24) is 4.90 Å². The minimum absolute atomic E-state index is 0.0195. The molecular weight excluding hydrogens is 274 g/mol. The van der Waals surface area contributed by atoms with Gasteiger partial charge in [-0.3, -0.25) is 9.59 Å². The third-order valence-electron chi connectivity index (χ3n) is 4.24. The number of rotatable bonds is 3. The van der Waals surface area contributed by atoms with E-state index in [4.69, 9.17) is 0 Å². The Morgan fingerprint density at radius 1 is 1.09 bits per heavy atom. The third-order valence-corrected chi connectivity index (χ3v) is 4.24. The number of Topliss-reactive ketones (excluding diaryl/α,β-unsaturated/α-hetero) is 1. The fraction of sp³-hybridized carbons (Fsp3) is 0.579. The molecule has 1 aromatic rings. The molecule has 0 atom stereocenters. The minimum Gasteiger partial charge on any atom is -0.343 e. The number of hydrogen-bond acceptors (Lipinski definition) is 2. The molecule has 0 spiro atoms. The quantitative estimate of drug-likeness (QED) is 0.795. The van der Waals surface area contributed by atoms with Gasteiger partial charge in [0.2, 0.25) is 5.91 Å². The first-order valence-corrected chi connectivity index (χ1v) is 8.15. The zero-order valence-corrected chi connectivity index (χ0v) is 14.2. The SMILES string of the molecule is Cc1ccc(C(=O)C2CCN(C(=O)CC(C)(C)C)CC2)cc1. The van der Waals surface area contributed by atoms with Crippen LogP contribution in [-0.2, 0) is 4.79 Å². The first-order valence-electron chi connectivity index (χ1n) is 8.15. The van der Waals surface area contributed by atoms with Crippen molar-refractivity contribution in [2.24, 2.45) is 11.3 Å². The number of nitrogens with zero attached hydrogens (tertiary/aromatic N) is 1. The lowest BCUT2D eigenvalue weighted by molar-refractivity contribution is -0.134. The van der Waals surface area contributed by atoms with Crippen LogP contribution in [0.2, 0.25) is 0 Å². The molecule has 0 N–H and O–H groups in total. The summed E-state index contributed by atoms with van der Waals surface area (Å²) in [7, 11) is 0. The third kappa shape index (κ3) is 4.43. The zero-order valence-electron chi connectivity index (χ0n) is 14.2. The van der Waals surface area contributed by atoms with E-state index in [0.29, 0.717) is 19.5 Å². The van der Waals surface area contributed by atoms with Crippen LogP contribution < -0.4 is 0 Å². The van der Waals surface area contributed by atoms with Crippen LogP contribution in [0.1, 0.15) is 56.0 Å². The Hall–Kier alpha value is -1.64. The van der Waals surface area contributed by atoms with Gasteiger partial charge in [-0.05, 0) is 25.2 Å². The van der Waals surface area contributed by atoms with E-state index < -0.39 is 0 Å². The smallest absolute Gasteiger partial charge is 0.223 e. The summed E-state index contributed by atoms with van der Waals surface area (Å²) in [5, 5.41) is 0. The lowest BCUT2D eigenvalue weighted by atomic mass is 9.87. The lowest BCUT2D eigenvalue weighted by Crippen LogP contribution is -2.41. The Kier molecular flexibility index (Phi) is 5.05. The number of ketones is 1. The maximum absolute atomic E-state index is 12.5. The second-order valence-corrected chi connectivity index (χ2v) is 7.62. The molecule has 1 amide bonds. The summed E-state index contributed by atoms with van der Waals surface area (Å²) in [5.41, 5.74) is 1.98. The summed E-state index contributed by atoms with van der Waals surface area (Å²) in [6.45, 7) is 9.68. The van der Waals surface area contributed by atoms with E-state index in [1.165, 1.54) is 5.56 Å². The van der Waals surface area contributed by atoms with Crippen molar-refractivity contribution in [3.8, 4) is 0 Å². The zero-order chi connectivity index (χ0) is 16.3. The molecular formula is C19H27NO2. The molecule has 1 fully saturated rings. The Balaban J connectivity index is 1.90. The van der Waals surface area contributed by atoms with E-state index in [1.807, 2.05) is 36.1 Å². The number of benzene rings is 1. The molecule has 0 bridgehead atoms. The van der Waals surface area contributed by atoms with Crippen molar-refractivity contribution in [2.45, 2.75) is 47.0 Å². The topological polar surface area (TPSA) is 37.4 Å². The Bertz CT molecular complexity index is 532. The maximum Gasteiger partial charge on any atom is 0.223 e. The molecule has 1 aliphatic heterocycles. The van der Waals surface area contributed by atoms with Crippen LogP contribution in [0.25, 0.3) is 0 Å². The normalized spacial score (nSPS) is 16.6. The molecule has 0 unspecified atom stereocenters. The molecule has 120 valence electrons. The van der Waals surface area contributed by atoms with Gasteiger partial charge in [-0.2, -0.15) is 0 Å². The Labute approximate surface area is 133 Å². The molecule has 1 saturated heterocycles. The molecule has 0 saturated carbocycles. The highest BCUT2D eigenvalue weighted by Crippen LogP contribution is 2.25. The van der Waals surface area contributed by atoms with Gasteiger partial charge in [0.05, 0.1) is 0 Å². The fourth-order valence-electron chi connectivity index (χ4n) is 2.91. The van der Waals surface area contributed by atoms with E-state index in [9.17, 15) is 9.59 Å². The molecule has 1 aromatic carbocycles. The first kappa shape index (κ1) is 16.7. The van der Waals surface area contributed by atoms with Gasteiger partial charge in [0.25, 0.3) is 0 Å². The molecule has 3 nitrogen and oxygen atoms in total. The summed E-state index contributed by atoms with van der Waals surface area (Å²) in [6.07, 6.45) is 2.13. The number of aryl methyl sites for hydroxylation is 1. The highest BCUT2D eigenvalue weighted by Gasteiger charge is 2.29. The van der Waals surface area contributed by atoms with Crippen molar-refractivity contribution < 1.29 is 9.59 Å². The summed E-state index contributed by atoms with van der Waals surface area (Å²) >= 11 is 0. The highest BCUT2D eigenvalue weighted by molar-refractivity contribution is 5.98. The summed E-state index contributed by atoms with van der Waals surface area (Å²) in [6, 6.07) is 7.79. The van der Waals surface area contributed by atoms with Gasteiger partial charge in [0.1, 0.15) is 0 Å². The molecule has 1 heterocycles. The van der Waals surface area contributed by atoms with E-state index in [2.05, 4.69) is 20.8 Å². The fourth-order valence-corrected chi connectivity index (χ4v) is 2.91. The van der Waals surface area contributed by atoms with Gasteiger partial charge in [-0.1, -0.05) is 50.6 Å². The van der Waals surface area contributed by atoms with Crippen molar-refractivity contribution in [2.75, 3.05) is 13.1 Å². The lowest BCUT2D eigenvalue weighted by Gasteiger charge is -2.33. The van der Waals surface area contributed by atoms with Gasteiger partial charge in [0.15, 0.2) is 5.78 Å². The van der Waals surface area contributed by atoms with E-state index in [0.717, 1.165) is 18.4 Å². The number of hydrogen-bond donors (Lipinski definition) is 0. The van der Waals surface area contributed by atoms with Crippen molar-refractivity contribution in [3.63, 3.8) is 0 Å². The van der Waals surface area contributed by atoms with E-state index >= 15 is 0 Å². The van der Waals surface area contributed by atoms with Gasteiger partial charge < -0.3 is 4.90 Å². The molecule has 3 heteroatoms. The van der Waals surface area contributed by atoms with Crippen LogP contribution >= 0.6 is 0 Å². The van der Waals surface area contributed by atoms with Crippen molar-refractivity contribution >= 4 is 11.7 Å². The molecule has 2 rings (SSSR count). The molecule has 0 aromatic heterocycles. The van der Waals surface area contributed by atoms with Gasteiger partial charge in [0, 0.05) is 31.0 Å².